The Morgan fingerprint density at radius 3 is 2.21 bits per heavy atom. The number of hydrogen-bond donors (Lipinski definition) is 1. The van der Waals surface area contributed by atoms with Crippen LogP contribution in [0.25, 0.3) is 0 Å². The van der Waals surface area contributed by atoms with Gasteiger partial charge >= 0.3 is 11.8 Å². The Morgan fingerprint density at radius 2 is 1.62 bits per heavy atom. The molecule has 134 valence electrons. The molecule has 0 heterocycles. The van der Waals surface area contributed by atoms with Gasteiger partial charge in [0.1, 0.15) is 0 Å². The second-order valence-electron chi connectivity index (χ2n) is 5.13. The fraction of sp³-hybridized carbons (Fsp3) is 0.556. The molecule has 2 amide bonds. The first-order valence-corrected chi connectivity index (χ1v) is 8.52. The van der Waals surface area contributed by atoms with Gasteiger partial charge < -0.3 is 19.7 Å². The Labute approximate surface area is 144 Å². The van der Waals surface area contributed by atoms with E-state index < -0.39 is 11.8 Å². The van der Waals surface area contributed by atoms with E-state index in [0.29, 0.717) is 50.8 Å². The number of carbonyl (C=O) groups is 2. The highest BCUT2D eigenvalue weighted by Gasteiger charge is 2.18. The van der Waals surface area contributed by atoms with Crippen molar-refractivity contribution in [2.75, 3.05) is 32.8 Å². The summed E-state index contributed by atoms with van der Waals surface area (Å²) in [6.45, 7) is 10.1. The average molecular weight is 336 g/mol. The van der Waals surface area contributed by atoms with E-state index in [-0.39, 0.29) is 0 Å². The summed E-state index contributed by atoms with van der Waals surface area (Å²) in [5, 5.41) is 2.67. The molecule has 0 aliphatic heterocycles. The van der Waals surface area contributed by atoms with Crippen LogP contribution >= 0.6 is 0 Å². The quantitative estimate of drug-likeness (QED) is 0.701. The number of nitrogens with zero attached hydrogens (tertiary/aromatic N) is 1. The van der Waals surface area contributed by atoms with Gasteiger partial charge in [0.05, 0.1) is 13.2 Å². The summed E-state index contributed by atoms with van der Waals surface area (Å²) >= 11 is 0. The van der Waals surface area contributed by atoms with Crippen molar-refractivity contribution in [3.8, 4) is 11.5 Å². The van der Waals surface area contributed by atoms with Gasteiger partial charge in [-0.2, -0.15) is 0 Å². The maximum absolute atomic E-state index is 11.9. The summed E-state index contributed by atoms with van der Waals surface area (Å²) in [5.41, 5.74) is 1.01. The molecular formula is C18H28N2O4. The van der Waals surface area contributed by atoms with Crippen LogP contribution in [0.5, 0.6) is 11.5 Å². The minimum absolute atomic E-state index is 0.394. The lowest BCUT2D eigenvalue weighted by molar-refractivity contribution is -0.145. The zero-order valence-electron chi connectivity index (χ0n) is 15.1. The van der Waals surface area contributed by atoms with Gasteiger partial charge in [0, 0.05) is 19.6 Å². The summed E-state index contributed by atoms with van der Waals surface area (Å²) in [7, 11) is 0. The minimum atomic E-state index is -0.560. The predicted molar refractivity (Wildman–Crippen MR) is 93.4 cm³/mol. The molecule has 1 aromatic rings. The third-order valence-corrected chi connectivity index (χ3v) is 3.55. The standard InChI is InChI=1S/C18H28N2O4/c1-5-20(6-2)18(22)17(21)19-12-11-14-9-10-15(23-7-3)16(13-14)24-8-4/h9-10,13H,5-8,11-12H2,1-4H3,(H,19,21). The monoisotopic (exact) mass is 336 g/mol. The second kappa shape index (κ2) is 10.5. The van der Waals surface area contributed by atoms with Crippen molar-refractivity contribution < 1.29 is 19.1 Å². The van der Waals surface area contributed by atoms with E-state index in [1.54, 1.807) is 0 Å². The number of ether oxygens (including phenoxy) is 2. The Bertz CT molecular complexity index is 542. The fourth-order valence-electron chi connectivity index (χ4n) is 2.30. The fourth-order valence-corrected chi connectivity index (χ4v) is 2.30. The molecule has 1 rings (SSSR count). The number of amides is 2. The molecule has 0 saturated heterocycles. The van der Waals surface area contributed by atoms with E-state index in [1.165, 1.54) is 4.90 Å². The molecule has 6 nitrogen and oxygen atoms in total. The number of likely N-dealkylation sites (N-methyl/N-ethyl adjacent to an activating group) is 1. The van der Waals surface area contributed by atoms with Gasteiger partial charge in [-0.25, -0.2) is 0 Å². The molecule has 1 N–H and O–H groups in total. The molecule has 1 aromatic carbocycles. The molecule has 0 aliphatic rings. The van der Waals surface area contributed by atoms with Crippen molar-refractivity contribution >= 4 is 11.8 Å². The average Bonchev–Trinajstić information content (AvgIpc) is 2.58. The maximum atomic E-state index is 11.9. The van der Waals surface area contributed by atoms with E-state index in [4.69, 9.17) is 9.47 Å². The largest absolute Gasteiger partial charge is 0.490 e. The normalized spacial score (nSPS) is 10.2. The lowest BCUT2D eigenvalue weighted by Crippen LogP contribution is -2.43. The van der Waals surface area contributed by atoms with E-state index in [2.05, 4.69) is 5.32 Å². The van der Waals surface area contributed by atoms with Gasteiger partial charge in [0.15, 0.2) is 11.5 Å². The summed E-state index contributed by atoms with van der Waals surface area (Å²) in [5.74, 6) is 0.364. The van der Waals surface area contributed by atoms with Crippen LogP contribution in [0.1, 0.15) is 33.3 Å². The third kappa shape index (κ3) is 5.76. The van der Waals surface area contributed by atoms with Crippen molar-refractivity contribution in [1.82, 2.24) is 10.2 Å². The highest BCUT2D eigenvalue weighted by atomic mass is 16.5. The Balaban J connectivity index is 2.59. The highest BCUT2D eigenvalue weighted by molar-refractivity contribution is 6.34. The first-order valence-electron chi connectivity index (χ1n) is 8.52. The zero-order valence-corrected chi connectivity index (χ0v) is 15.1. The smallest absolute Gasteiger partial charge is 0.311 e. The van der Waals surface area contributed by atoms with Gasteiger partial charge in [0.2, 0.25) is 0 Å². The van der Waals surface area contributed by atoms with Crippen LogP contribution in [0.3, 0.4) is 0 Å². The molecule has 24 heavy (non-hydrogen) atoms. The van der Waals surface area contributed by atoms with Crippen LogP contribution in [-0.4, -0.2) is 49.6 Å². The lowest BCUT2D eigenvalue weighted by atomic mass is 10.1. The van der Waals surface area contributed by atoms with Crippen LogP contribution in [0, 0.1) is 0 Å². The van der Waals surface area contributed by atoms with Crippen molar-refractivity contribution in [3.63, 3.8) is 0 Å². The summed E-state index contributed by atoms with van der Waals surface area (Å²) in [6.07, 6.45) is 0.615. The number of hydrogen-bond acceptors (Lipinski definition) is 4. The highest BCUT2D eigenvalue weighted by Crippen LogP contribution is 2.28. The molecule has 0 aromatic heterocycles. The Hall–Kier alpha value is -2.24. The van der Waals surface area contributed by atoms with Crippen molar-refractivity contribution in [1.29, 1.82) is 0 Å². The predicted octanol–water partition coefficient (Wildman–Crippen LogP) is 2.01. The third-order valence-electron chi connectivity index (χ3n) is 3.55. The van der Waals surface area contributed by atoms with Crippen LogP contribution in [0.15, 0.2) is 18.2 Å². The van der Waals surface area contributed by atoms with Gasteiger partial charge in [-0.15, -0.1) is 0 Å². The number of rotatable bonds is 9. The molecule has 0 fully saturated rings. The molecule has 6 heteroatoms. The molecule has 0 atom stereocenters. The molecule has 0 aliphatic carbocycles. The Morgan fingerprint density at radius 1 is 1.00 bits per heavy atom. The first-order chi connectivity index (χ1) is 11.6. The summed E-state index contributed by atoms with van der Waals surface area (Å²) in [4.78, 5) is 25.2. The van der Waals surface area contributed by atoms with E-state index in [1.807, 2.05) is 45.9 Å². The lowest BCUT2D eigenvalue weighted by Gasteiger charge is -2.17. The van der Waals surface area contributed by atoms with Crippen LogP contribution in [0.4, 0.5) is 0 Å². The Kier molecular flexibility index (Phi) is 8.68. The second-order valence-corrected chi connectivity index (χ2v) is 5.13. The minimum Gasteiger partial charge on any atom is -0.490 e. The van der Waals surface area contributed by atoms with Crippen molar-refractivity contribution in [2.45, 2.75) is 34.1 Å². The van der Waals surface area contributed by atoms with Gasteiger partial charge in [-0.1, -0.05) is 6.07 Å². The first kappa shape index (κ1) is 19.8. The molecule has 0 saturated carbocycles. The van der Waals surface area contributed by atoms with Crippen LogP contribution in [-0.2, 0) is 16.0 Å². The van der Waals surface area contributed by atoms with E-state index in [0.717, 1.165) is 5.56 Å². The molecular weight excluding hydrogens is 308 g/mol. The van der Waals surface area contributed by atoms with Crippen molar-refractivity contribution in [2.24, 2.45) is 0 Å². The number of nitrogens with one attached hydrogen (secondary N) is 1. The number of benzene rings is 1. The van der Waals surface area contributed by atoms with Crippen LogP contribution in [0.2, 0.25) is 0 Å². The molecule has 0 spiro atoms. The maximum Gasteiger partial charge on any atom is 0.311 e. The molecule has 0 radical (unpaired) electrons. The van der Waals surface area contributed by atoms with Gasteiger partial charge in [-0.05, 0) is 51.8 Å². The zero-order chi connectivity index (χ0) is 17.9. The van der Waals surface area contributed by atoms with Crippen molar-refractivity contribution in [3.05, 3.63) is 23.8 Å². The van der Waals surface area contributed by atoms with Gasteiger partial charge in [0.25, 0.3) is 0 Å². The molecule has 0 bridgehead atoms. The molecule has 0 unspecified atom stereocenters. The summed E-state index contributed by atoms with van der Waals surface area (Å²) < 4.78 is 11.1. The summed E-state index contributed by atoms with van der Waals surface area (Å²) in [6, 6.07) is 5.71. The SMILES string of the molecule is CCOc1ccc(CCNC(=O)C(=O)N(CC)CC)cc1OCC. The van der Waals surface area contributed by atoms with E-state index >= 15 is 0 Å². The van der Waals surface area contributed by atoms with Crippen LogP contribution < -0.4 is 14.8 Å². The van der Waals surface area contributed by atoms with E-state index in [9.17, 15) is 9.59 Å². The van der Waals surface area contributed by atoms with Gasteiger partial charge in [-0.3, -0.25) is 9.59 Å². The number of carbonyl (C=O) groups excluding carboxylic acids is 2. The topological polar surface area (TPSA) is 67.9 Å².